The largest absolute Gasteiger partial charge is 0.335 e. The molecule has 1 amide bonds. The molecular weight excluding hydrogens is 334 g/mol. The number of hydrogen-bond acceptors (Lipinski definition) is 6. The predicted molar refractivity (Wildman–Crippen MR) is 95.9 cm³/mol. The summed E-state index contributed by atoms with van der Waals surface area (Å²) < 4.78 is 0. The second-order valence-electron chi connectivity index (χ2n) is 6.92. The molecular formula is C18H23N5OS. The van der Waals surface area contributed by atoms with Gasteiger partial charge in [0.05, 0.1) is 18.8 Å². The van der Waals surface area contributed by atoms with Gasteiger partial charge in [0.25, 0.3) is 0 Å². The number of aromatic nitrogens is 3. The summed E-state index contributed by atoms with van der Waals surface area (Å²) in [6.45, 7) is 5.09. The number of aryl methyl sites for hydroxylation is 1. The number of likely N-dealkylation sites (tertiary alicyclic amines) is 2. The molecule has 0 radical (unpaired) electrons. The number of carbonyl (C=O) groups is 1. The van der Waals surface area contributed by atoms with Crippen LogP contribution in [0.3, 0.4) is 0 Å². The van der Waals surface area contributed by atoms with Crippen LogP contribution in [0.15, 0.2) is 24.4 Å². The van der Waals surface area contributed by atoms with Gasteiger partial charge in [0.2, 0.25) is 5.91 Å². The van der Waals surface area contributed by atoms with Crippen LogP contribution < -0.4 is 0 Å². The van der Waals surface area contributed by atoms with E-state index in [-0.39, 0.29) is 11.4 Å². The van der Waals surface area contributed by atoms with Crippen LogP contribution in [0.5, 0.6) is 0 Å². The van der Waals surface area contributed by atoms with Crippen LogP contribution in [0, 0.1) is 6.92 Å². The molecule has 2 aromatic rings. The molecule has 0 bridgehead atoms. The zero-order chi connectivity index (χ0) is 17.3. The molecule has 0 saturated carbocycles. The Hall–Kier alpha value is -1.86. The minimum absolute atomic E-state index is 0.267. The predicted octanol–water partition coefficient (Wildman–Crippen LogP) is 2.40. The number of amides is 1. The topological polar surface area (TPSA) is 62.2 Å². The third-order valence-electron chi connectivity index (χ3n) is 5.30. The Bertz CT molecular complexity index is 749. The van der Waals surface area contributed by atoms with Crippen LogP contribution in [0.4, 0.5) is 0 Å². The molecule has 2 aliphatic rings. The maximum absolute atomic E-state index is 13.4. The Morgan fingerprint density at radius 1 is 1.16 bits per heavy atom. The average molecular weight is 357 g/mol. The second-order valence-corrected chi connectivity index (χ2v) is 8.19. The number of hydrogen-bond donors (Lipinski definition) is 0. The molecule has 1 unspecified atom stereocenters. The first-order valence-electron chi connectivity index (χ1n) is 8.91. The van der Waals surface area contributed by atoms with Crippen molar-refractivity contribution >= 4 is 17.2 Å². The molecule has 25 heavy (non-hydrogen) atoms. The van der Waals surface area contributed by atoms with Crippen molar-refractivity contribution in [2.75, 3.05) is 13.1 Å². The average Bonchev–Trinajstić information content (AvgIpc) is 3.21. The lowest BCUT2D eigenvalue weighted by Gasteiger charge is -2.44. The van der Waals surface area contributed by atoms with Crippen molar-refractivity contribution in [3.8, 4) is 0 Å². The summed E-state index contributed by atoms with van der Waals surface area (Å²) in [7, 11) is 0. The third-order valence-corrected chi connectivity index (χ3v) is 6.12. The smallest absolute Gasteiger partial charge is 0.243 e. The van der Waals surface area contributed by atoms with Gasteiger partial charge in [-0.05, 0) is 51.3 Å². The molecule has 4 heterocycles. The monoisotopic (exact) mass is 357 g/mol. The molecule has 0 aromatic carbocycles. The van der Waals surface area contributed by atoms with E-state index in [9.17, 15) is 4.79 Å². The molecule has 2 aliphatic heterocycles. The molecule has 2 aromatic heterocycles. The first kappa shape index (κ1) is 16.6. The van der Waals surface area contributed by atoms with Crippen LogP contribution >= 0.6 is 11.3 Å². The van der Waals surface area contributed by atoms with Gasteiger partial charge in [-0.1, -0.05) is 6.07 Å². The number of nitrogens with zero attached hydrogens (tertiary/aromatic N) is 5. The number of rotatable bonds is 4. The minimum atomic E-state index is -0.355. The maximum atomic E-state index is 13.4. The molecule has 4 rings (SSSR count). The molecule has 6 nitrogen and oxygen atoms in total. The highest BCUT2D eigenvalue weighted by atomic mass is 32.1. The zero-order valence-electron chi connectivity index (χ0n) is 14.5. The normalized spacial score (nSPS) is 24.4. The lowest BCUT2D eigenvalue weighted by molar-refractivity contribution is -0.148. The van der Waals surface area contributed by atoms with E-state index >= 15 is 0 Å². The summed E-state index contributed by atoms with van der Waals surface area (Å²) in [6, 6.07) is 5.88. The third kappa shape index (κ3) is 3.18. The van der Waals surface area contributed by atoms with Gasteiger partial charge in [-0.25, -0.2) is 0 Å². The van der Waals surface area contributed by atoms with E-state index in [0.29, 0.717) is 6.54 Å². The van der Waals surface area contributed by atoms with Gasteiger partial charge in [-0.15, -0.1) is 21.5 Å². The maximum Gasteiger partial charge on any atom is 0.243 e. The van der Waals surface area contributed by atoms with Crippen molar-refractivity contribution in [1.29, 1.82) is 0 Å². The lowest BCUT2D eigenvalue weighted by Crippen LogP contribution is -2.59. The number of piperidine rings is 1. The number of carbonyl (C=O) groups excluding carboxylic acids is 1. The molecule has 0 aliphatic carbocycles. The van der Waals surface area contributed by atoms with Crippen LogP contribution in [0.2, 0.25) is 0 Å². The summed E-state index contributed by atoms with van der Waals surface area (Å²) >= 11 is 1.63. The number of pyridine rings is 1. The van der Waals surface area contributed by atoms with E-state index in [1.54, 1.807) is 17.5 Å². The highest BCUT2D eigenvalue weighted by Gasteiger charge is 2.50. The van der Waals surface area contributed by atoms with Crippen molar-refractivity contribution in [2.45, 2.75) is 51.2 Å². The van der Waals surface area contributed by atoms with Gasteiger partial charge >= 0.3 is 0 Å². The van der Waals surface area contributed by atoms with Gasteiger partial charge < -0.3 is 4.90 Å². The summed E-state index contributed by atoms with van der Waals surface area (Å²) in [5, 5.41) is 10.4. The Morgan fingerprint density at radius 3 is 2.72 bits per heavy atom. The van der Waals surface area contributed by atoms with E-state index in [1.807, 2.05) is 30.0 Å². The minimum Gasteiger partial charge on any atom is -0.335 e. The standard InChI is InChI=1S/C18H23N5OS/c1-14-20-21-16(25-14)13-23-11-5-8-18(23)7-4-10-22(17(18)24)12-15-6-2-3-9-19-15/h2-3,6,9H,4-5,7-8,10-13H2,1H3. The van der Waals surface area contributed by atoms with Crippen molar-refractivity contribution < 1.29 is 4.79 Å². The van der Waals surface area contributed by atoms with E-state index in [4.69, 9.17) is 0 Å². The highest BCUT2D eigenvalue weighted by Crippen LogP contribution is 2.39. The fourth-order valence-electron chi connectivity index (χ4n) is 4.16. The van der Waals surface area contributed by atoms with Crippen LogP contribution in [-0.2, 0) is 17.9 Å². The fourth-order valence-corrected chi connectivity index (χ4v) is 4.88. The van der Waals surface area contributed by atoms with Gasteiger partial charge in [-0.3, -0.25) is 14.7 Å². The summed E-state index contributed by atoms with van der Waals surface area (Å²) in [5.41, 5.74) is 0.601. The van der Waals surface area contributed by atoms with Crippen LogP contribution in [0.25, 0.3) is 0 Å². The highest BCUT2D eigenvalue weighted by molar-refractivity contribution is 7.11. The molecule has 1 atom stereocenters. The SMILES string of the molecule is Cc1nnc(CN2CCCC23CCCN(Cc2ccccn2)C3=O)s1. The molecule has 132 valence electrons. The molecule has 0 N–H and O–H groups in total. The van der Waals surface area contributed by atoms with E-state index < -0.39 is 0 Å². The lowest BCUT2D eigenvalue weighted by atomic mass is 9.85. The van der Waals surface area contributed by atoms with Gasteiger partial charge in [-0.2, -0.15) is 0 Å². The zero-order valence-corrected chi connectivity index (χ0v) is 15.3. The van der Waals surface area contributed by atoms with Crippen molar-refractivity contribution in [1.82, 2.24) is 25.0 Å². The molecule has 2 saturated heterocycles. The Kier molecular flexibility index (Phi) is 4.52. The van der Waals surface area contributed by atoms with Crippen molar-refractivity contribution in [2.24, 2.45) is 0 Å². The van der Waals surface area contributed by atoms with Gasteiger partial charge in [0.1, 0.15) is 15.6 Å². The Labute approximate surface area is 151 Å². The van der Waals surface area contributed by atoms with Gasteiger partial charge in [0, 0.05) is 12.7 Å². The molecule has 7 heteroatoms. The molecule has 2 fully saturated rings. The second kappa shape index (κ2) is 6.80. The van der Waals surface area contributed by atoms with E-state index in [0.717, 1.165) is 61.0 Å². The first-order chi connectivity index (χ1) is 12.2. The van der Waals surface area contributed by atoms with Crippen molar-refractivity contribution in [3.63, 3.8) is 0 Å². The first-order valence-corrected chi connectivity index (χ1v) is 9.72. The van der Waals surface area contributed by atoms with Crippen LogP contribution in [0.1, 0.15) is 41.4 Å². The van der Waals surface area contributed by atoms with Gasteiger partial charge in [0.15, 0.2) is 0 Å². The summed E-state index contributed by atoms with van der Waals surface area (Å²) in [6.07, 6.45) is 5.80. The molecule has 1 spiro atoms. The quantitative estimate of drug-likeness (QED) is 0.841. The van der Waals surface area contributed by atoms with Crippen molar-refractivity contribution in [3.05, 3.63) is 40.1 Å². The van der Waals surface area contributed by atoms with Crippen LogP contribution in [-0.4, -0.2) is 49.5 Å². The Balaban J connectivity index is 1.53. The van der Waals surface area contributed by atoms with E-state index in [1.165, 1.54) is 0 Å². The summed E-state index contributed by atoms with van der Waals surface area (Å²) in [4.78, 5) is 22.1. The fraction of sp³-hybridized carbons (Fsp3) is 0.556. The van der Waals surface area contributed by atoms with E-state index in [2.05, 4.69) is 20.1 Å². The summed E-state index contributed by atoms with van der Waals surface area (Å²) in [5.74, 6) is 0.267. The Morgan fingerprint density at radius 2 is 2.00 bits per heavy atom.